The average molecular weight is 373 g/mol. The maximum atomic E-state index is 12.7. The van der Waals surface area contributed by atoms with Gasteiger partial charge in [0, 0.05) is 13.2 Å². The van der Waals surface area contributed by atoms with E-state index in [2.05, 4.69) is 15.8 Å². The Morgan fingerprint density at radius 1 is 1.22 bits per heavy atom. The van der Waals surface area contributed by atoms with Crippen molar-refractivity contribution in [3.05, 3.63) is 52.9 Å². The van der Waals surface area contributed by atoms with Crippen molar-refractivity contribution in [2.75, 3.05) is 13.2 Å². The molecule has 0 bridgehead atoms. The van der Waals surface area contributed by atoms with Crippen molar-refractivity contribution in [3.8, 4) is 0 Å². The van der Waals surface area contributed by atoms with Crippen molar-refractivity contribution < 1.29 is 24.0 Å². The van der Waals surface area contributed by atoms with Gasteiger partial charge >= 0.3 is 12.0 Å². The topological polar surface area (TPSA) is 114 Å². The van der Waals surface area contributed by atoms with Gasteiger partial charge in [-0.1, -0.05) is 35.5 Å². The maximum Gasteiger partial charge on any atom is 0.341 e. The Morgan fingerprint density at radius 3 is 2.52 bits per heavy atom. The largest absolute Gasteiger partial charge is 0.477 e. The third-order valence-corrected chi connectivity index (χ3v) is 4.87. The molecule has 1 aromatic heterocycles. The van der Waals surface area contributed by atoms with E-state index in [0.29, 0.717) is 26.1 Å². The number of amides is 2. The summed E-state index contributed by atoms with van der Waals surface area (Å²) < 4.78 is 10.6. The van der Waals surface area contributed by atoms with Crippen LogP contribution in [0, 0.1) is 6.92 Å². The summed E-state index contributed by atoms with van der Waals surface area (Å²) in [5.41, 5.74) is 0.734. The number of carbonyl (C=O) groups is 2. The Bertz CT molecular complexity index is 812. The van der Waals surface area contributed by atoms with Crippen LogP contribution in [0.1, 0.15) is 53.2 Å². The minimum Gasteiger partial charge on any atom is -0.477 e. The Balaban J connectivity index is 1.76. The monoisotopic (exact) mass is 373 g/mol. The van der Waals surface area contributed by atoms with Gasteiger partial charge in [0.1, 0.15) is 5.56 Å². The zero-order valence-corrected chi connectivity index (χ0v) is 15.3. The zero-order valence-electron chi connectivity index (χ0n) is 15.3. The molecule has 1 atom stereocenters. The summed E-state index contributed by atoms with van der Waals surface area (Å²) in [4.78, 5) is 24.1. The van der Waals surface area contributed by atoms with E-state index >= 15 is 0 Å². The first-order valence-corrected chi connectivity index (χ1v) is 8.84. The van der Waals surface area contributed by atoms with Crippen LogP contribution >= 0.6 is 0 Å². The number of benzene rings is 1. The molecule has 3 rings (SSSR count). The van der Waals surface area contributed by atoms with Gasteiger partial charge in [0.25, 0.3) is 0 Å². The molecular weight excluding hydrogens is 350 g/mol. The summed E-state index contributed by atoms with van der Waals surface area (Å²) in [6, 6.07) is 8.72. The number of hydrogen-bond donors (Lipinski definition) is 3. The zero-order chi connectivity index (χ0) is 19.4. The van der Waals surface area contributed by atoms with E-state index in [0.717, 1.165) is 5.56 Å². The summed E-state index contributed by atoms with van der Waals surface area (Å²) >= 11 is 0. The van der Waals surface area contributed by atoms with E-state index in [1.54, 1.807) is 13.8 Å². The van der Waals surface area contributed by atoms with Gasteiger partial charge in [-0.2, -0.15) is 0 Å². The number of aromatic nitrogens is 1. The lowest BCUT2D eigenvalue weighted by molar-refractivity contribution is 0.0407. The summed E-state index contributed by atoms with van der Waals surface area (Å²) in [7, 11) is 0. The lowest BCUT2D eigenvalue weighted by atomic mass is 9.83. The van der Waals surface area contributed by atoms with Crippen LogP contribution in [0.5, 0.6) is 0 Å². The Labute approximate surface area is 156 Å². The highest BCUT2D eigenvalue weighted by molar-refractivity contribution is 5.90. The van der Waals surface area contributed by atoms with E-state index in [9.17, 15) is 14.7 Å². The van der Waals surface area contributed by atoms with E-state index in [-0.39, 0.29) is 17.0 Å². The fraction of sp³-hybridized carbons (Fsp3) is 0.421. The maximum absolute atomic E-state index is 12.7. The van der Waals surface area contributed by atoms with Gasteiger partial charge in [-0.15, -0.1) is 0 Å². The fourth-order valence-electron chi connectivity index (χ4n) is 3.42. The fourth-order valence-corrected chi connectivity index (χ4v) is 3.42. The number of ether oxygens (including phenoxy) is 1. The van der Waals surface area contributed by atoms with Gasteiger partial charge in [0.05, 0.1) is 17.3 Å². The molecule has 27 heavy (non-hydrogen) atoms. The molecular formula is C19H23N3O5. The first kappa shape index (κ1) is 18.9. The second kappa shape index (κ2) is 7.79. The molecule has 2 amide bonds. The number of carboxylic acid groups (broad SMARTS) is 1. The molecule has 1 aliphatic heterocycles. The molecule has 8 heteroatoms. The highest BCUT2D eigenvalue weighted by atomic mass is 16.5. The molecule has 1 aromatic carbocycles. The number of nitrogens with one attached hydrogen (secondary N) is 2. The molecule has 0 saturated carbocycles. The number of carboxylic acids is 1. The molecule has 0 aliphatic carbocycles. The van der Waals surface area contributed by atoms with Gasteiger partial charge in [-0.3, -0.25) is 0 Å². The second-order valence-corrected chi connectivity index (χ2v) is 6.69. The van der Waals surface area contributed by atoms with Crippen LogP contribution in [0.3, 0.4) is 0 Å². The van der Waals surface area contributed by atoms with Crippen LogP contribution in [-0.2, 0) is 10.3 Å². The normalized spacial score (nSPS) is 17.1. The summed E-state index contributed by atoms with van der Waals surface area (Å²) in [6.45, 7) is 4.31. The molecule has 1 unspecified atom stereocenters. The van der Waals surface area contributed by atoms with Gasteiger partial charge in [-0.25, -0.2) is 9.59 Å². The average Bonchev–Trinajstić information content (AvgIpc) is 3.05. The number of hydrogen-bond acceptors (Lipinski definition) is 5. The Kier molecular flexibility index (Phi) is 5.46. The van der Waals surface area contributed by atoms with Crippen molar-refractivity contribution in [2.45, 2.75) is 38.3 Å². The predicted molar refractivity (Wildman–Crippen MR) is 96.5 cm³/mol. The molecule has 144 valence electrons. The molecule has 8 nitrogen and oxygen atoms in total. The number of aromatic carboxylic acids is 1. The molecule has 2 heterocycles. The summed E-state index contributed by atoms with van der Waals surface area (Å²) in [5, 5.41) is 18.8. The highest BCUT2D eigenvalue weighted by Crippen LogP contribution is 2.32. The predicted octanol–water partition coefficient (Wildman–Crippen LogP) is 2.75. The molecule has 2 aromatic rings. The number of carbonyl (C=O) groups excluding carboxylic acids is 1. The molecule has 0 radical (unpaired) electrons. The quantitative estimate of drug-likeness (QED) is 0.743. The van der Waals surface area contributed by atoms with Gasteiger partial charge in [0.15, 0.2) is 5.76 Å². The number of urea groups is 1. The minimum absolute atomic E-state index is 0.0216. The lowest BCUT2D eigenvalue weighted by Gasteiger charge is -2.38. The van der Waals surface area contributed by atoms with E-state index in [1.165, 1.54) is 0 Å². The number of nitrogens with zero attached hydrogens (tertiary/aromatic N) is 1. The Hall–Kier alpha value is -2.87. The van der Waals surface area contributed by atoms with E-state index < -0.39 is 23.6 Å². The van der Waals surface area contributed by atoms with Crippen molar-refractivity contribution in [2.24, 2.45) is 0 Å². The van der Waals surface area contributed by atoms with Crippen LogP contribution in [-0.4, -0.2) is 35.5 Å². The SMILES string of the molecule is Cc1noc(C(C)NC(=O)NC2(c3ccccc3)CCOCC2)c1C(=O)O. The number of rotatable bonds is 5. The summed E-state index contributed by atoms with van der Waals surface area (Å²) in [5.74, 6) is -1.01. The Morgan fingerprint density at radius 2 is 1.89 bits per heavy atom. The second-order valence-electron chi connectivity index (χ2n) is 6.69. The van der Waals surface area contributed by atoms with E-state index in [1.807, 2.05) is 30.3 Å². The van der Waals surface area contributed by atoms with Crippen LogP contribution < -0.4 is 10.6 Å². The van der Waals surface area contributed by atoms with Crippen molar-refractivity contribution in [3.63, 3.8) is 0 Å². The molecule has 0 spiro atoms. The smallest absolute Gasteiger partial charge is 0.341 e. The minimum atomic E-state index is -1.14. The van der Waals surface area contributed by atoms with Crippen molar-refractivity contribution in [1.82, 2.24) is 15.8 Å². The van der Waals surface area contributed by atoms with Crippen LogP contribution in [0.4, 0.5) is 4.79 Å². The third-order valence-electron chi connectivity index (χ3n) is 4.87. The van der Waals surface area contributed by atoms with Gasteiger partial charge < -0.3 is 25.0 Å². The van der Waals surface area contributed by atoms with Crippen LogP contribution in [0.15, 0.2) is 34.9 Å². The molecule has 1 saturated heterocycles. The van der Waals surface area contributed by atoms with Crippen molar-refractivity contribution >= 4 is 12.0 Å². The van der Waals surface area contributed by atoms with Crippen LogP contribution in [0.2, 0.25) is 0 Å². The van der Waals surface area contributed by atoms with Crippen LogP contribution in [0.25, 0.3) is 0 Å². The van der Waals surface area contributed by atoms with Gasteiger partial charge in [0.2, 0.25) is 0 Å². The summed E-state index contributed by atoms with van der Waals surface area (Å²) in [6.07, 6.45) is 1.31. The molecule has 3 N–H and O–H groups in total. The van der Waals surface area contributed by atoms with Gasteiger partial charge in [-0.05, 0) is 32.3 Å². The lowest BCUT2D eigenvalue weighted by Crippen LogP contribution is -2.53. The van der Waals surface area contributed by atoms with Crippen molar-refractivity contribution in [1.29, 1.82) is 0 Å². The molecule has 1 fully saturated rings. The highest BCUT2D eigenvalue weighted by Gasteiger charge is 2.36. The first-order chi connectivity index (χ1) is 12.9. The standard InChI is InChI=1S/C19H23N3O5/c1-12-15(17(23)24)16(27-22-12)13(2)20-18(25)21-19(8-10-26-11-9-19)14-6-4-3-5-7-14/h3-7,13H,8-11H2,1-2H3,(H,23,24)(H2,20,21,25). The van der Waals surface area contributed by atoms with E-state index in [4.69, 9.17) is 9.26 Å². The molecule has 1 aliphatic rings. The number of aryl methyl sites for hydroxylation is 1. The third kappa shape index (κ3) is 3.95. The first-order valence-electron chi connectivity index (χ1n) is 8.84.